The van der Waals surface area contributed by atoms with E-state index in [1.165, 1.54) is 6.42 Å². The number of likely N-dealkylation sites (tertiary alicyclic amines) is 1. The number of para-hydroxylation sites is 1. The van der Waals surface area contributed by atoms with Gasteiger partial charge in [0.15, 0.2) is 0 Å². The van der Waals surface area contributed by atoms with Crippen molar-refractivity contribution in [2.24, 2.45) is 0 Å². The van der Waals surface area contributed by atoms with Crippen LogP contribution in [-0.4, -0.2) is 30.4 Å². The van der Waals surface area contributed by atoms with Gasteiger partial charge in [0.25, 0.3) is 0 Å². The van der Waals surface area contributed by atoms with E-state index in [2.05, 4.69) is 21.2 Å². The first kappa shape index (κ1) is 13.4. The second-order valence-corrected chi connectivity index (χ2v) is 5.45. The van der Waals surface area contributed by atoms with Crippen molar-refractivity contribution < 1.29 is 4.79 Å². The maximum Gasteiger partial charge on any atom is 0.224 e. The van der Waals surface area contributed by atoms with Crippen molar-refractivity contribution in [3.05, 3.63) is 28.7 Å². The molecular weight excluding hydrogens is 292 g/mol. The van der Waals surface area contributed by atoms with Crippen LogP contribution in [0, 0.1) is 0 Å². The highest BCUT2D eigenvalue weighted by atomic mass is 79.9. The molecule has 1 aliphatic heterocycles. The largest absolute Gasteiger partial charge is 0.384 e. The molecule has 0 aromatic heterocycles. The summed E-state index contributed by atoms with van der Waals surface area (Å²) in [6.07, 6.45) is 4.15. The van der Waals surface area contributed by atoms with Crippen LogP contribution < -0.4 is 5.32 Å². The number of hydrogen-bond acceptors (Lipinski definition) is 2. The number of benzene rings is 1. The SMILES string of the molecule is O=C(CCNc1ccccc1Br)N1CCCCC1. The average Bonchev–Trinajstić information content (AvgIpc) is 2.42. The quantitative estimate of drug-likeness (QED) is 0.925. The van der Waals surface area contributed by atoms with E-state index >= 15 is 0 Å². The Labute approximate surface area is 117 Å². The summed E-state index contributed by atoms with van der Waals surface area (Å²) >= 11 is 3.48. The monoisotopic (exact) mass is 310 g/mol. The minimum absolute atomic E-state index is 0.272. The molecule has 3 nitrogen and oxygen atoms in total. The maximum absolute atomic E-state index is 11.9. The van der Waals surface area contributed by atoms with Crippen LogP contribution in [-0.2, 0) is 4.79 Å². The number of hydrogen-bond donors (Lipinski definition) is 1. The molecule has 1 heterocycles. The standard InChI is InChI=1S/C14H19BrN2O/c15-12-6-2-3-7-13(12)16-9-8-14(18)17-10-4-1-5-11-17/h2-3,6-7,16H,1,4-5,8-11H2. The van der Waals surface area contributed by atoms with Crippen LogP contribution >= 0.6 is 15.9 Å². The second-order valence-electron chi connectivity index (χ2n) is 4.60. The minimum Gasteiger partial charge on any atom is -0.384 e. The van der Waals surface area contributed by atoms with Crippen molar-refractivity contribution in [1.82, 2.24) is 4.90 Å². The predicted octanol–water partition coefficient (Wildman–Crippen LogP) is 3.26. The van der Waals surface area contributed by atoms with Crippen LogP contribution in [0.1, 0.15) is 25.7 Å². The molecule has 0 aliphatic carbocycles. The van der Waals surface area contributed by atoms with Crippen LogP contribution in [0.15, 0.2) is 28.7 Å². The average molecular weight is 311 g/mol. The van der Waals surface area contributed by atoms with Gasteiger partial charge in [-0.25, -0.2) is 0 Å². The van der Waals surface area contributed by atoms with E-state index in [9.17, 15) is 4.79 Å². The zero-order chi connectivity index (χ0) is 12.8. The fraction of sp³-hybridized carbons (Fsp3) is 0.500. The van der Waals surface area contributed by atoms with Gasteiger partial charge >= 0.3 is 0 Å². The van der Waals surface area contributed by atoms with Gasteiger partial charge in [0.05, 0.1) is 0 Å². The first-order valence-corrected chi connectivity index (χ1v) is 7.33. The minimum atomic E-state index is 0.272. The van der Waals surface area contributed by atoms with E-state index in [0.29, 0.717) is 13.0 Å². The Morgan fingerprint density at radius 2 is 1.94 bits per heavy atom. The van der Waals surface area contributed by atoms with Crippen LogP contribution in [0.5, 0.6) is 0 Å². The summed E-state index contributed by atoms with van der Waals surface area (Å²) < 4.78 is 1.04. The van der Waals surface area contributed by atoms with Crippen LogP contribution in [0.2, 0.25) is 0 Å². The van der Waals surface area contributed by atoms with Crippen LogP contribution in [0.3, 0.4) is 0 Å². The summed E-state index contributed by atoms with van der Waals surface area (Å²) in [6, 6.07) is 7.97. The van der Waals surface area contributed by atoms with Gasteiger partial charge in [-0.3, -0.25) is 4.79 Å². The molecule has 1 N–H and O–H groups in total. The second kappa shape index (κ2) is 6.78. The molecule has 4 heteroatoms. The van der Waals surface area contributed by atoms with Crippen molar-refractivity contribution in [2.45, 2.75) is 25.7 Å². The number of anilines is 1. The molecule has 0 atom stereocenters. The number of nitrogens with zero attached hydrogens (tertiary/aromatic N) is 1. The zero-order valence-electron chi connectivity index (χ0n) is 10.5. The number of rotatable bonds is 4. The third-order valence-electron chi connectivity index (χ3n) is 3.24. The fourth-order valence-electron chi connectivity index (χ4n) is 2.21. The van der Waals surface area contributed by atoms with Crippen molar-refractivity contribution >= 4 is 27.5 Å². The van der Waals surface area contributed by atoms with Crippen LogP contribution in [0.4, 0.5) is 5.69 Å². The van der Waals surface area contributed by atoms with E-state index in [4.69, 9.17) is 0 Å². The van der Waals surface area contributed by atoms with Crippen molar-refractivity contribution in [2.75, 3.05) is 25.0 Å². The van der Waals surface area contributed by atoms with E-state index in [1.54, 1.807) is 0 Å². The van der Waals surface area contributed by atoms with E-state index in [-0.39, 0.29) is 5.91 Å². The lowest BCUT2D eigenvalue weighted by molar-refractivity contribution is -0.131. The smallest absolute Gasteiger partial charge is 0.224 e. The molecule has 18 heavy (non-hydrogen) atoms. The molecule has 0 spiro atoms. The molecule has 1 saturated heterocycles. The van der Waals surface area contributed by atoms with Gasteiger partial charge in [0, 0.05) is 36.2 Å². The Hall–Kier alpha value is -1.03. The Bertz CT molecular complexity index is 403. The zero-order valence-corrected chi connectivity index (χ0v) is 12.1. The summed E-state index contributed by atoms with van der Waals surface area (Å²) in [7, 11) is 0. The van der Waals surface area contributed by atoms with Crippen LogP contribution in [0.25, 0.3) is 0 Å². The maximum atomic E-state index is 11.9. The third kappa shape index (κ3) is 3.73. The summed E-state index contributed by atoms with van der Waals surface area (Å²) in [5.41, 5.74) is 1.05. The lowest BCUT2D eigenvalue weighted by Gasteiger charge is -2.26. The summed E-state index contributed by atoms with van der Waals surface area (Å²) in [5, 5.41) is 3.29. The van der Waals surface area contributed by atoms with E-state index in [0.717, 1.165) is 36.1 Å². The summed E-state index contributed by atoms with van der Waals surface area (Å²) in [6.45, 7) is 2.57. The molecule has 0 unspecified atom stereocenters. The number of carbonyl (C=O) groups excluding carboxylic acids is 1. The molecule has 2 rings (SSSR count). The highest BCUT2D eigenvalue weighted by Gasteiger charge is 2.15. The van der Waals surface area contributed by atoms with Crippen molar-refractivity contribution in [3.63, 3.8) is 0 Å². The molecule has 1 amide bonds. The number of amides is 1. The lowest BCUT2D eigenvalue weighted by Crippen LogP contribution is -2.36. The molecule has 0 saturated carbocycles. The number of piperidine rings is 1. The van der Waals surface area contributed by atoms with E-state index < -0.39 is 0 Å². The number of halogens is 1. The van der Waals surface area contributed by atoms with Gasteiger partial charge in [-0.1, -0.05) is 12.1 Å². The molecule has 1 aliphatic rings. The first-order chi connectivity index (χ1) is 8.77. The van der Waals surface area contributed by atoms with Gasteiger partial charge in [0.2, 0.25) is 5.91 Å². The van der Waals surface area contributed by atoms with Crippen molar-refractivity contribution in [1.29, 1.82) is 0 Å². The van der Waals surface area contributed by atoms with Gasteiger partial charge in [-0.2, -0.15) is 0 Å². The normalized spacial score (nSPS) is 15.5. The van der Waals surface area contributed by atoms with Crippen molar-refractivity contribution in [3.8, 4) is 0 Å². The third-order valence-corrected chi connectivity index (χ3v) is 3.93. The molecular formula is C14H19BrN2O. The van der Waals surface area contributed by atoms with Gasteiger partial charge < -0.3 is 10.2 Å². The Balaban J connectivity index is 1.75. The molecule has 98 valence electrons. The Morgan fingerprint density at radius 1 is 1.22 bits per heavy atom. The number of carbonyl (C=O) groups is 1. The molecule has 1 aromatic rings. The van der Waals surface area contributed by atoms with E-state index in [1.807, 2.05) is 29.2 Å². The van der Waals surface area contributed by atoms with Gasteiger partial charge in [-0.05, 0) is 47.3 Å². The molecule has 0 radical (unpaired) electrons. The topological polar surface area (TPSA) is 32.3 Å². The summed E-state index contributed by atoms with van der Waals surface area (Å²) in [5.74, 6) is 0.272. The first-order valence-electron chi connectivity index (χ1n) is 6.53. The fourth-order valence-corrected chi connectivity index (χ4v) is 2.64. The molecule has 1 aromatic carbocycles. The number of nitrogens with one attached hydrogen (secondary N) is 1. The lowest BCUT2D eigenvalue weighted by atomic mass is 10.1. The molecule has 1 fully saturated rings. The van der Waals surface area contributed by atoms with Gasteiger partial charge in [-0.15, -0.1) is 0 Å². The highest BCUT2D eigenvalue weighted by Crippen LogP contribution is 2.21. The highest BCUT2D eigenvalue weighted by molar-refractivity contribution is 9.10. The van der Waals surface area contributed by atoms with Gasteiger partial charge in [0.1, 0.15) is 0 Å². The Kier molecular flexibility index (Phi) is 5.05. The molecule has 0 bridgehead atoms. The Morgan fingerprint density at radius 3 is 2.67 bits per heavy atom. The summed E-state index contributed by atoms with van der Waals surface area (Å²) in [4.78, 5) is 13.9. The predicted molar refractivity (Wildman–Crippen MR) is 77.7 cm³/mol.